The van der Waals surface area contributed by atoms with Crippen LogP contribution in [0.25, 0.3) is 0 Å². The van der Waals surface area contributed by atoms with Gasteiger partial charge in [-0.15, -0.1) is 0 Å². The molecule has 1 fully saturated rings. The molecule has 0 bridgehead atoms. The smallest absolute Gasteiger partial charge is 0.246 e. The number of hydrogen-bond donors (Lipinski definition) is 7. The Morgan fingerprint density at radius 1 is 1.45 bits per heavy atom. The van der Waals surface area contributed by atoms with Gasteiger partial charge in [-0.2, -0.15) is 0 Å². The van der Waals surface area contributed by atoms with E-state index in [2.05, 4.69) is 5.32 Å². The second kappa shape index (κ2) is 6.76. The largest absolute Gasteiger partial charge is 0.394 e. The van der Waals surface area contributed by atoms with E-state index in [1.807, 2.05) is 0 Å². The third-order valence-corrected chi connectivity index (χ3v) is 3.14. The fourth-order valence-electron chi connectivity index (χ4n) is 2.17. The predicted molar refractivity (Wildman–Crippen MR) is 64.2 cm³/mol. The van der Waals surface area contributed by atoms with Crippen LogP contribution in [-0.4, -0.2) is 86.0 Å². The van der Waals surface area contributed by atoms with Gasteiger partial charge in [-0.25, -0.2) is 0 Å². The van der Waals surface area contributed by atoms with Gasteiger partial charge in [-0.05, 0) is 6.92 Å². The molecule has 9 nitrogen and oxygen atoms in total. The van der Waals surface area contributed by atoms with E-state index in [4.69, 9.17) is 14.9 Å². The van der Waals surface area contributed by atoms with Crippen LogP contribution >= 0.6 is 0 Å². The molecule has 1 heterocycles. The molecule has 0 radical (unpaired) electrons. The summed E-state index contributed by atoms with van der Waals surface area (Å²) in [6.07, 6.45) is -6.08. The second-order valence-corrected chi connectivity index (χ2v) is 5.02. The highest BCUT2D eigenvalue weighted by Crippen LogP contribution is 2.29. The van der Waals surface area contributed by atoms with Crippen molar-refractivity contribution in [1.82, 2.24) is 5.32 Å². The molecule has 1 amide bonds. The molecule has 0 saturated carbocycles. The molecule has 1 saturated heterocycles. The van der Waals surface area contributed by atoms with Crippen molar-refractivity contribution in [1.29, 1.82) is 0 Å². The Labute approximate surface area is 115 Å². The Bertz CT molecular complexity index is 336. The number of amides is 1. The van der Waals surface area contributed by atoms with Crippen LogP contribution in [0.5, 0.6) is 0 Å². The molecule has 1 rings (SSSR count). The molecule has 0 aliphatic carbocycles. The van der Waals surface area contributed by atoms with Gasteiger partial charge in [0, 0.05) is 6.42 Å². The molecule has 20 heavy (non-hydrogen) atoms. The fraction of sp³-hybridized carbons (Fsp3) is 0.909. The van der Waals surface area contributed by atoms with Gasteiger partial charge in [0.1, 0.15) is 24.9 Å². The Morgan fingerprint density at radius 3 is 2.55 bits per heavy atom. The maximum Gasteiger partial charge on any atom is 0.246 e. The SMILES string of the molecule is C[C@]1(O)C[C@H](O)[C@@H](NC(=O)CO)[C@H]([C@H](O)[C@H](O)CO)O1. The van der Waals surface area contributed by atoms with Gasteiger partial charge in [-0.1, -0.05) is 0 Å². The lowest BCUT2D eigenvalue weighted by molar-refractivity contribution is -0.292. The molecule has 0 aromatic rings. The van der Waals surface area contributed by atoms with Gasteiger partial charge in [0.15, 0.2) is 5.79 Å². The van der Waals surface area contributed by atoms with Crippen LogP contribution in [0.15, 0.2) is 0 Å². The molecule has 1 aliphatic heterocycles. The molecule has 9 heteroatoms. The number of carbonyl (C=O) groups excluding carboxylic acids is 1. The Morgan fingerprint density at radius 2 is 2.05 bits per heavy atom. The number of nitrogens with one attached hydrogen (secondary N) is 1. The molecule has 1 aliphatic rings. The molecular weight excluding hydrogens is 274 g/mol. The lowest BCUT2D eigenvalue weighted by Crippen LogP contribution is -2.65. The summed E-state index contributed by atoms with van der Waals surface area (Å²) in [7, 11) is 0. The molecule has 0 spiro atoms. The van der Waals surface area contributed by atoms with Gasteiger partial charge in [0.05, 0.1) is 18.8 Å². The Hall–Kier alpha value is -0.810. The van der Waals surface area contributed by atoms with Crippen LogP contribution in [0.1, 0.15) is 13.3 Å². The molecule has 0 unspecified atom stereocenters. The molecule has 7 N–H and O–H groups in total. The van der Waals surface area contributed by atoms with Gasteiger partial charge in [-0.3, -0.25) is 4.79 Å². The highest BCUT2D eigenvalue weighted by Gasteiger charge is 2.48. The van der Waals surface area contributed by atoms with E-state index < -0.39 is 55.4 Å². The van der Waals surface area contributed by atoms with Gasteiger partial charge in [0.2, 0.25) is 5.91 Å². The topological polar surface area (TPSA) is 160 Å². The van der Waals surface area contributed by atoms with E-state index in [0.717, 1.165) is 0 Å². The maximum absolute atomic E-state index is 11.2. The number of hydrogen-bond acceptors (Lipinski definition) is 8. The summed E-state index contributed by atoms with van der Waals surface area (Å²) in [5, 5.41) is 58.8. The molecule has 6 atom stereocenters. The van der Waals surface area contributed by atoms with E-state index in [1.54, 1.807) is 0 Å². The maximum atomic E-state index is 11.2. The summed E-state index contributed by atoms with van der Waals surface area (Å²) in [6.45, 7) is -0.337. The van der Waals surface area contributed by atoms with Crippen LogP contribution in [0.2, 0.25) is 0 Å². The van der Waals surface area contributed by atoms with Crippen molar-refractivity contribution >= 4 is 5.91 Å². The second-order valence-electron chi connectivity index (χ2n) is 5.02. The third-order valence-electron chi connectivity index (χ3n) is 3.14. The van der Waals surface area contributed by atoms with Crippen molar-refractivity contribution in [3.63, 3.8) is 0 Å². The zero-order chi connectivity index (χ0) is 15.5. The first-order valence-electron chi connectivity index (χ1n) is 6.17. The minimum atomic E-state index is -1.76. The lowest BCUT2D eigenvalue weighted by atomic mass is 9.89. The summed E-state index contributed by atoms with van der Waals surface area (Å²) < 4.78 is 5.17. The van der Waals surface area contributed by atoms with Gasteiger partial charge >= 0.3 is 0 Å². The first-order valence-corrected chi connectivity index (χ1v) is 6.17. The minimum absolute atomic E-state index is 0.234. The van der Waals surface area contributed by atoms with Crippen molar-refractivity contribution in [3.05, 3.63) is 0 Å². The monoisotopic (exact) mass is 295 g/mol. The quantitative estimate of drug-likeness (QED) is 0.270. The minimum Gasteiger partial charge on any atom is -0.394 e. The van der Waals surface area contributed by atoms with Crippen LogP contribution < -0.4 is 5.32 Å². The van der Waals surface area contributed by atoms with E-state index in [0.29, 0.717) is 0 Å². The zero-order valence-electron chi connectivity index (χ0n) is 11.0. The number of rotatable bonds is 5. The summed E-state index contributed by atoms with van der Waals surface area (Å²) in [6, 6.07) is -1.15. The average Bonchev–Trinajstić information content (AvgIpc) is 2.38. The van der Waals surface area contributed by atoms with Crippen LogP contribution in [-0.2, 0) is 9.53 Å². The van der Waals surface area contributed by atoms with Crippen molar-refractivity contribution in [2.24, 2.45) is 0 Å². The van der Waals surface area contributed by atoms with Crippen molar-refractivity contribution in [3.8, 4) is 0 Å². The Balaban J connectivity index is 2.93. The number of aliphatic hydroxyl groups excluding tert-OH is 5. The van der Waals surface area contributed by atoms with Crippen LogP contribution in [0.3, 0.4) is 0 Å². The molecule has 0 aromatic heterocycles. The summed E-state index contributed by atoms with van der Waals surface area (Å²) in [5.41, 5.74) is 0. The van der Waals surface area contributed by atoms with Gasteiger partial charge in [0.25, 0.3) is 0 Å². The standard InChI is InChI=1S/C11H21NO8/c1-11(19)2-5(15)8(12-7(17)4-14)10(20-11)9(18)6(16)3-13/h5-6,8-10,13-16,18-19H,2-4H2,1H3,(H,12,17)/t5-,6+,8+,9+,10+,11+/m0/s1. The van der Waals surface area contributed by atoms with E-state index >= 15 is 0 Å². The summed E-state index contributed by atoms with van der Waals surface area (Å²) >= 11 is 0. The van der Waals surface area contributed by atoms with Gasteiger partial charge < -0.3 is 40.7 Å². The predicted octanol–water partition coefficient (Wildman–Crippen LogP) is -3.96. The summed E-state index contributed by atoms with van der Waals surface area (Å²) in [4.78, 5) is 11.2. The van der Waals surface area contributed by atoms with E-state index in [1.165, 1.54) is 6.92 Å². The Kier molecular flexibility index (Phi) is 5.83. The molecule has 0 aromatic carbocycles. The highest BCUT2D eigenvalue weighted by atomic mass is 16.6. The lowest BCUT2D eigenvalue weighted by Gasteiger charge is -2.45. The molecule has 118 valence electrons. The first kappa shape index (κ1) is 17.2. The van der Waals surface area contributed by atoms with Crippen LogP contribution in [0.4, 0.5) is 0 Å². The molecular formula is C11H21NO8. The van der Waals surface area contributed by atoms with Crippen molar-refractivity contribution < 1.29 is 40.2 Å². The zero-order valence-corrected chi connectivity index (χ0v) is 11.0. The van der Waals surface area contributed by atoms with Crippen molar-refractivity contribution in [2.75, 3.05) is 13.2 Å². The average molecular weight is 295 g/mol. The van der Waals surface area contributed by atoms with E-state index in [9.17, 15) is 25.2 Å². The number of carbonyl (C=O) groups is 1. The fourth-order valence-corrected chi connectivity index (χ4v) is 2.17. The van der Waals surface area contributed by atoms with E-state index in [-0.39, 0.29) is 6.42 Å². The number of aliphatic hydroxyl groups is 6. The normalized spacial score (nSPS) is 37.2. The van der Waals surface area contributed by atoms with Crippen LogP contribution in [0, 0.1) is 0 Å². The number of ether oxygens (including phenoxy) is 1. The van der Waals surface area contributed by atoms with Crippen molar-refractivity contribution in [2.45, 2.75) is 49.6 Å². The first-order chi connectivity index (χ1) is 9.21. The highest BCUT2D eigenvalue weighted by molar-refractivity contribution is 5.77. The third kappa shape index (κ3) is 4.09. The summed E-state index contributed by atoms with van der Waals surface area (Å²) in [5.74, 6) is -2.57.